The predicted octanol–water partition coefficient (Wildman–Crippen LogP) is 4.91. The van der Waals surface area contributed by atoms with Crippen LogP contribution in [-0.4, -0.2) is 57.6 Å². The Balaban J connectivity index is 0.000000644. The number of aryl methyl sites for hydroxylation is 1. The number of halogens is 3. The van der Waals surface area contributed by atoms with Crippen molar-refractivity contribution in [2.45, 2.75) is 49.5 Å². The number of hydrogen-bond donors (Lipinski definition) is 5. The minimum Gasteiger partial charge on any atom is -0.475 e. The van der Waals surface area contributed by atoms with Crippen LogP contribution < -0.4 is 15.8 Å². The summed E-state index contributed by atoms with van der Waals surface area (Å²) in [6.45, 7) is 5.20. The number of anilines is 1. The summed E-state index contributed by atoms with van der Waals surface area (Å²) in [6.07, 6.45) is -3.10. The van der Waals surface area contributed by atoms with Gasteiger partial charge >= 0.3 is 17.9 Å². The number of β-amino-alcohol motifs (C(OH)–C–C–N with tert-alkyl or cyclic N) is 1. The number of aliphatic hydroxyl groups excluding tert-OH is 1. The number of sulfonamides is 1. The van der Waals surface area contributed by atoms with Crippen LogP contribution in [0.25, 0.3) is 22.4 Å². The first-order valence-electron chi connectivity index (χ1n) is 14.1. The molecule has 3 aromatic carbocycles. The molecule has 0 saturated carbocycles. The van der Waals surface area contributed by atoms with Gasteiger partial charge in [0.1, 0.15) is 0 Å². The van der Waals surface area contributed by atoms with E-state index >= 15 is 0 Å². The lowest BCUT2D eigenvalue weighted by molar-refractivity contribution is -0.192. The van der Waals surface area contributed by atoms with Crippen molar-refractivity contribution in [3.8, 4) is 11.5 Å². The van der Waals surface area contributed by atoms with Gasteiger partial charge in [0.25, 0.3) is 10.0 Å². The van der Waals surface area contributed by atoms with Gasteiger partial charge in [0.15, 0.2) is 0 Å². The van der Waals surface area contributed by atoms with Crippen LogP contribution >= 0.6 is 0 Å². The molecule has 0 aliphatic heterocycles. The zero-order valence-electron chi connectivity index (χ0n) is 25.2. The largest absolute Gasteiger partial charge is 0.490 e. The molecule has 2 heterocycles. The van der Waals surface area contributed by atoms with E-state index in [1.54, 1.807) is 42.5 Å². The van der Waals surface area contributed by atoms with Crippen molar-refractivity contribution in [3.63, 3.8) is 0 Å². The van der Waals surface area contributed by atoms with Crippen LogP contribution in [0.1, 0.15) is 31.9 Å². The van der Waals surface area contributed by atoms with Gasteiger partial charge in [0.05, 0.1) is 11.0 Å². The first kappa shape index (κ1) is 34.9. The summed E-state index contributed by atoms with van der Waals surface area (Å²) in [6, 6.07) is 22.7. The van der Waals surface area contributed by atoms with Gasteiger partial charge in [-0.2, -0.15) is 13.2 Å². The Morgan fingerprint density at radius 1 is 1.04 bits per heavy atom. The highest BCUT2D eigenvalue weighted by atomic mass is 32.2. The molecule has 12 nitrogen and oxygen atoms in total. The number of H-pyrrole nitrogens is 1. The highest BCUT2D eigenvalue weighted by Crippen LogP contribution is 2.25. The van der Waals surface area contributed by atoms with E-state index in [1.807, 2.05) is 30.5 Å². The second kappa shape index (κ2) is 14.2. The van der Waals surface area contributed by atoms with Crippen LogP contribution in [0, 0.1) is 0 Å². The summed E-state index contributed by atoms with van der Waals surface area (Å²) in [5.41, 5.74) is 2.47. The van der Waals surface area contributed by atoms with Gasteiger partial charge in [-0.15, -0.1) is 5.10 Å². The number of nitrogens with zero attached hydrogens (tertiary/aromatic N) is 2. The third-order valence-electron chi connectivity index (χ3n) is 7.03. The first-order valence-corrected chi connectivity index (χ1v) is 15.6. The molecule has 0 aliphatic carbocycles. The number of nitrogens with one attached hydrogen (secondary N) is 3. The highest BCUT2D eigenvalue weighted by Gasteiger charge is 2.38. The molecule has 1 atom stereocenters. The fourth-order valence-corrected chi connectivity index (χ4v) is 5.55. The lowest BCUT2D eigenvalue weighted by Crippen LogP contribution is -2.42. The van der Waals surface area contributed by atoms with Crippen molar-refractivity contribution < 1.29 is 41.0 Å². The summed E-state index contributed by atoms with van der Waals surface area (Å²) in [5, 5.41) is 28.6. The van der Waals surface area contributed by atoms with Crippen LogP contribution in [0.5, 0.6) is 0 Å². The Morgan fingerprint density at radius 3 is 2.38 bits per heavy atom. The quantitative estimate of drug-likeness (QED) is 0.130. The molecule has 16 heteroatoms. The molecule has 5 aromatic rings. The van der Waals surface area contributed by atoms with Crippen molar-refractivity contribution >= 4 is 32.6 Å². The average molecular weight is 676 g/mol. The zero-order chi connectivity index (χ0) is 34.4. The molecule has 0 amide bonds. The van der Waals surface area contributed by atoms with E-state index in [1.165, 1.54) is 12.1 Å². The van der Waals surface area contributed by atoms with Gasteiger partial charge in [0, 0.05) is 47.0 Å². The molecule has 0 saturated heterocycles. The van der Waals surface area contributed by atoms with E-state index in [0.717, 1.165) is 29.4 Å². The van der Waals surface area contributed by atoms with E-state index in [-0.39, 0.29) is 16.3 Å². The van der Waals surface area contributed by atoms with E-state index in [0.29, 0.717) is 17.8 Å². The lowest BCUT2D eigenvalue weighted by Gasteiger charge is -2.28. The third-order valence-corrected chi connectivity index (χ3v) is 8.42. The zero-order valence-corrected chi connectivity index (χ0v) is 26.0. The maximum Gasteiger partial charge on any atom is 0.490 e. The first-order chi connectivity index (χ1) is 22.0. The average Bonchev–Trinajstić information content (AvgIpc) is 3.64. The Morgan fingerprint density at radius 2 is 1.74 bits per heavy atom. The molecule has 0 unspecified atom stereocenters. The number of rotatable bonds is 11. The van der Waals surface area contributed by atoms with Crippen molar-refractivity contribution in [3.05, 3.63) is 101 Å². The number of aromatic amines is 1. The number of carboxylic acids is 1. The molecule has 0 spiro atoms. The highest BCUT2D eigenvalue weighted by molar-refractivity contribution is 7.92. The fraction of sp³-hybridized carbons (Fsp3) is 0.258. The summed E-state index contributed by atoms with van der Waals surface area (Å²) in [4.78, 5) is 20.3. The normalized spacial score (nSPS) is 12.7. The molecule has 0 fully saturated rings. The number of aliphatic hydroxyl groups is 1. The topological polar surface area (TPSA) is 180 Å². The summed E-state index contributed by atoms with van der Waals surface area (Å²) in [5.74, 6) is -3.09. The number of aromatic nitrogens is 3. The second-order valence-electron chi connectivity index (χ2n) is 11.1. The van der Waals surface area contributed by atoms with E-state index < -0.39 is 34.0 Å². The fourth-order valence-electron chi connectivity index (χ4n) is 4.48. The number of fused-ring (bicyclic) bond motifs is 1. The van der Waals surface area contributed by atoms with E-state index in [2.05, 4.69) is 38.7 Å². The molecule has 5 N–H and O–H groups in total. The van der Waals surface area contributed by atoms with Gasteiger partial charge in [-0.25, -0.2) is 23.1 Å². The molecule has 0 radical (unpaired) electrons. The van der Waals surface area contributed by atoms with Crippen LogP contribution in [0.3, 0.4) is 0 Å². The van der Waals surface area contributed by atoms with Gasteiger partial charge in [-0.05, 0) is 74.4 Å². The second-order valence-corrected chi connectivity index (χ2v) is 12.8. The Kier molecular flexibility index (Phi) is 10.6. The number of carbonyl (C=O) groups is 1. The Bertz CT molecular complexity index is 1990. The Labute approximate surface area is 266 Å². The number of hydrogen-bond acceptors (Lipinski definition) is 8. The minimum atomic E-state index is -5.08. The van der Waals surface area contributed by atoms with Gasteiger partial charge in [0.2, 0.25) is 5.89 Å². The van der Waals surface area contributed by atoms with Crippen LogP contribution in [0.15, 0.2) is 99.2 Å². The van der Waals surface area contributed by atoms with E-state index in [9.17, 15) is 31.5 Å². The van der Waals surface area contributed by atoms with Crippen LogP contribution in [0.4, 0.5) is 18.9 Å². The van der Waals surface area contributed by atoms with Gasteiger partial charge in [-0.3, -0.25) is 4.72 Å². The van der Waals surface area contributed by atoms with Gasteiger partial charge < -0.3 is 24.5 Å². The molecular formula is C31H32F3N5O7S. The molecular weight excluding hydrogens is 643 g/mol. The maximum absolute atomic E-state index is 12.7. The van der Waals surface area contributed by atoms with Crippen molar-refractivity contribution in [2.75, 3.05) is 11.3 Å². The smallest absolute Gasteiger partial charge is 0.475 e. The molecule has 2 aromatic heterocycles. The number of benzene rings is 3. The lowest BCUT2D eigenvalue weighted by atomic mass is 9.99. The maximum atomic E-state index is 12.7. The number of aliphatic carboxylic acids is 1. The van der Waals surface area contributed by atoms with Crippen molar-refractivity contribution in [1.82, 2.24) is 20.1 Å². The molecule has 0 bridgehead atoms. The standard InChI is InChI=1S/C29H31N5O5S.C2HF3O2/c1-29(2,14-16-34-15-13-20-17-22(11-12-25(20)34)27-31-32-28(36)39-27)30-19-26(35)21-7-6-8-23(18-21)33-40(37,38)24-9-4-3-5-10-24;3-2(4,5)1(6)7/h3-13,15,17-18,26,30,33,35H,14,16,19H2,1-2H3,(H,32,36);(H,6,7)/t26-;/m0./s1. The summed E-state index contributed by atoms with van der Waals surface area (Å²) < 4.78 is 66.9. The number of carboxylic acid groups (broad SMARTS) is 1. The minimum absolute atomic E-state index is 0.172. The Hall–Kier alpha value is -4.93. The monoisotopic (exact) mass is 675 g/mol. The SMILES string of the molecule is CC(C)(CCn1ccc2cc(-c3n[nH]c(=O)o3)ccc21)NC[C@H](O)c1cccc(NS(=O)(=O)c2ccccc2)c1.O=C(O)C(F)(F)F. The van der Waals surface area contributed by atoms with Crippen molar-refractivity contribution in [2.24, 2.45) is 0 Å². The molecule has 5 rings (SSSR count). The summed E-state index contributed by atoms with van der Waals surface area (Å²) >= 11 is 0. The summed E-state index contributed by atoms with van der Waals surface area (Å²) in [7, 11) is -3.72. The van der Waals surface area contributed by atoms with Crippen LogP contribution in [0.2, 0.25) is 0 Å². The molecule has 250 valence electrons. The third kappa shape index (κ3) is 9.54. The van der Waals surface area contributed by atoms with E-state index in [4.69, 9.17) is 14.3 Å². The van der Waals surface area contributed by atoms with Crippen LogP contribution in [-0.2, 0) is 21.4 Å². The number of alkyl halides is 3. The van der Waals surface area contributed by atoms with Crippen molar-refractivity contribution in [1.29, 1.82) is 0 Å². The molecule has 0 aliphatic rings. The predicted molar refractivity (Wildman–Crippen MR) is 167 cm³/mol. The molecule has 47 heavy (non-hydrogen) atoms. The van der Waals surface area contributed by atoms with Gasteiger partial charge in [-0.1, -0.05) is 30.3 Å².